The Balaban J connectivity index is 1.52. The fraction of sp³-hybridized carbons (Fsp3) is 0.588. The number of carbonyl (C=O) groups is 1. The van der Waals surface area contributed by atoms with Gasteiger partial charge >= 0.3 is 6.03 Å². The number of anilines is 1. The number of hydrogen-bond donors (Lipinski definition) is 1. The number of hydrogen-bond acceptors (Lipinski definition) is 4. The van der Waals surface area contributed by atoms with E-state index in [0.29, 0.717) is 18.8 Å². The molecule has 1 N–H and O–H groups in total. The monoisotopic (exact) mass is 352 g/mol. The van der Waals surface area contributed by atoms with Crippen molar-refractivity contribution in [2.45, 2.75) is 42.6 Å². The second kappa shape index (κ2) is 7.01. The van der Waals surface area contributed by atoms with Gasteiger partial charge in [-0.25, -0.2) is 13.2 Å². The van der Waals surface area contributed by atoms with E-state index in [1.165, 1.54) is 0 Å². The second-order valence-corrected chi connectivity index (χ2v) is 9.05. The number of nitrogens with zero attached hydrogens (tertiary/aromatic N) is 1. The number of carbonyl (C=O) groups excluding carboxylic acids is 1. The van der Waals surface area contributed by atoms with Crippen LogP contribution in [0.25, 0.3) is 0 Å². The van der Waals surface area contributed by atoms with Gasteiger partial charge in [-0.3, -0.25) is 0 Å². The van der Waals surface area contributed by atoms with E-state index in [-0.39, 0.29) is 11.3 Å². The van der Waals surface area contributed by atoms with E-state index in [0.717, 1.165) is 37.9 Å². The summed E-state index contributed by atoms with van der Waals surface area (Å²) in [5.74, 6) is 0.718. The van der Waals surface area contributed by atoms with Crippen molar-refractivity contribution in [3.05, 3.63) is 24.3 Å². The van der Waals surface area contributed by atoms with E-state index in [1.54, 1.807) is 36.3 Å². The Morgan fingerprint density at radius 1 is 1.08 bits per heavy atom. The summed E-state index contributed by atoms with van der Waals surface area (Å²) in [6.07, 6.45) is 4.68. The maximum absolute atomic E-state index is 12.6. The van der Waals surface area contributed by atoms with Crippen LogP contribution in [0.2, 0.25) is 0 Å². The van der Waals surface area contributed by atoms with Crippen molar-refractivity contribution in [3.8, 4) is 5.75 Å². The molecule has 1 heterocycles. The van der Waals surface area contributed by atoms with Crippen LogP contribution in [0, 0.1) is 0 Å². The molecule has 132 valence electrons. The summed E-state index contributed by atoms with van der Waals surface area (Å²) in [7, 11) is -1.53. The summed E-state index contributed by atoms with van der Waals surface area (Å²) >= 11 is 0. The molecule has 1 aliphatic heterocycles. The van der Waals surface area contributed by atoms with Gasteiger partial charge < -0.3 is 15.0 Å². The highest BCUT2D eigenvalue weighted by Gasteiger charge is 2.43. The van der Waals surface area contributed by atoms with Crippen LogP contribution in [0.3, 0.4) is 0 Å². The summed E-state index contributed by atoms with van der Waals surface area (Å²) < 4.78 is 30.3. The first-order chi connectivity index (χ1) is 11.5. The molecule has 0 bridgehead atoms. The van der Waals surface area contributed by atoms with E-state index < -0.39 is 15.1 Å². The SMILES string of the molecule is COc1ccc(NC(=O)N2CC(S(=O)(=O)C3CCCCC3)C2)cc1. The van der Waals surface area contributed by atoms with Gasteiger partial charge in [0.05, 0.1) is 17.6 Å². The maximum Gasteiger partial charge on any atom is 0.321 e. The first-order valence-electron chi connectivity index (χ1n) is 8.43. The average molecular weight is 352 g/mol. The summed E-state index contributed by atoms with van der Waals surface area (Å²) in [4.78, 5) is 13.7. The average Bonchev–Trinajstić information content (AvgIpc) is 2.54. The molecule has 1 aliphatic carbocycles. The van der Waals surface area contributed by atoms with Crippen LogP contribution in [0.15, 0.2) is 24.3 Å². The quantitative estimate of drug-likeness (QED) is 0.904. The number of urea groups is 1. The molecule has 2 fully saturated rings. The van der Waals surface area contributed by atoms with Gasteiger partial charge in [-0.1, -0.05) is 19.3 Å². The number of sulfone groups is 1. The van der Waals surface area contributed by atoms with Gasteiger partial charge in [0.2, 0.25) is 0 Å². The summed E-state index contributed by atoms with van der Waals surface area (Å²) in [5.41, 5.74) is 0.666. The molecule has 0 aromatic heterocycles. The molecule has 0 atom stereocenters. The molecular weight excluding hydrogens is 328 g/mol. The van der Waals surface area contributed by atoms with Crippen molar-refractivity contribution >= 4 is 21.6 Å². The summed E-state index contributed by atoms with van der Waals surface area (Å²) in [6, 6.07) is 6.79. The van der Waals surface area contributed by atoms with Gasteiger partial charge in [0, 0.05) is 18.8 Å². The van der Waals surface area contributed by atoms with Crippen molar-refractivity contribution in [3.63, 3.8) is 0 Å². The highest BCUT2D eigenvalue weighted by atomic mass is 32.2. The predicted octanol–water partition coefficient (Wildman–Crippen LogP) is 2.66. The molecule has 24 heavy (non-hydrogen) atoms. The normalized spacial score (nSPS) is 19.6. The molecule has 6 nitrogen and oxygen atoms in total. The van der Waals surface area contributed by atoms with Gasteiger partial charge in [-0.15, -0.1) is 0 Å². The Hall–Kier alpha value is -1.76. The van der Waals surface area contributed by atoms with Crippen LogP contribution in [0.1, 0.15) is 32.1 Å². The first-order valence-corrected chi connectivity index (χ1v) is 10.0. The third-order valence-corrected chi connectivity index (χ3v) is 7.59. The van der Waals surface area contributed by atoms with Crippen LogP contribution >= 0.6 is 0 Å². The Kier molecular flexibility index (Phi) is 4.99. The molecule has 7 heteroatoms. The van der Waals surface area contributed by atoms with Crippen molar-refractivity contribution in [1.29, 1.82) is 0 Å². The molecule has 1 aromatic carbocycles. The van der Waals surface area contributed by atoms with Crippen LogP contribution < -0.4 is 10.1 Å². The molecule has 2 aliphatic rings. The molecule has 0 spiro atoms. The molecule has 1 saturated carbocycles. The fourth-order valence-electron chi connectivity index (χ4n) is 3.35. The zero-order valence-corrected chi connectivity index (χ0v) is 14.7. The highest BCUT2D eigenvalue weighted by molar-refractivity contribution is 7.92. The number of amides is 2. The smallest absolute Gasteiger partial charge is 0.321 e. The van der Waals surface area contributed by atoms with Crippen LogP contribution in [-0.4, -0.2) is 50.0 Å². The lowest BCUT2D eigenvalue weighted by Crippen LogP contribution is -2.59. The minimum absolute atomic E-state index is 0.206. The number of nitrogens with one attached hydrogen (secondary N) is 1. The van der Waals surface area contributed by atoms with Crippen LogP contribution in [-0.2, 0) is 9.84 Å². The largest absolute Gasteiger partial charge is 0.497 e. The molecule has 0 radical (unpaired) electrons. The van der Waals surface area contributed by atoms with Gasteiger partial charge in [-0.05, 0) is 37.1 Å². The number of likely N-dealkylation sites (tertiary alicyclic amines) is 1. The van der Waals surface area contributed by atoms with Gasteiger partial charge in [0.1, 0.15) is 5.75 Å². The van der Waals surface area contributed by atoms with Crippen molar-refractivity contribution in [1.82, 2.24) is 4.90 Å². The zero-order valence-electron chi connectivity index (χ0n) is 13.9. The Morgan fingerprint density at radius 3 is 2.29 bits per heavy atom. The van der Waals surface area contributed by atoms with Gasteiger partial charge in [0.15, 0.2) is 9.84 Å². The molecular formula is C17H24N2O4S. The van der Waals surface area contributed by atoms with Crippen molar-refractivity contribution in [2.75, 3.05) is 25.5 Å². The second-order valence-electron chi connectivity index (χ2n) is 6.53. The molecule has 3 rings (SSSR count). The lowest BCUT2D eigenvalue weighted by molar-refractivity contribution is 0.182. The van der Waals surface area contributed by atoms with Gasteiger partial charge in [-0.2, -0.15) is 0 Å². The zero-order chi connectivity index (χ0) is 17.2. The fourth-order valence-corrected chi connectivity index (χ4v) is 5.66. The lowest BCUT2D eigenvalue weighted by Gasteiger charge is -2.40. The summed E-state index contributed by atoms with van der Waals surface area (Å²) in [5, 5.41) is 2.18. The first kappa shape index (κ1) is 17.1. The topological polar surface area (TPSA) is 75.7 Å². The van der Waals surface area contributed by atoms with Crippen LogP contribution in [0.5, 0.6) is 5.75 Å². The summed E-state index contributed by atoms with van der Waals surface area (Å²) in [6.45, 7) is 0.585. The third-order valence-electron chi connectivity index (χ3n) is 4.96. The van der Waals surface area contributed by atoms with E-state index in [2.05, 4.69) is 5.32 Å². The Bertz CT molecular complexity index is 675. The van der Waals surface area contributed by atoms with E-state index >= 15 is 0 Å². The number of benzene rings is 1. The Morgan fingerprint density at radius 2 is 1.71 bits per heavy atom. The van der Waals surface area contributed by atoms with E-state index in [4.69, 9.17) is 4.74 Å². The minimum Gasteiger partial charge on any atom is -0.497 e. The van der Waals surface area contributed by atoms with Crippen molar-refractivity contribution in [2.24, 2.45) is 0 Å². The van der Waals surface area contributed by atoms with E-state index in [9.17, 15) is 13.2 Å². The van der Waals surface area contributed by atoms with Gasteiger partial charge in [0.25, 0.3) is 0 Å². The number of rotatable bonds is 4. The molecule has 0 unspecified atom stereocenters. The predicted molar refractivity (Wildman–Crippen MR) is 93.2 cm³/mol. The Labute approximate surface area is 143 Å². The molecule has 1 aromatic rings. The number of methoxy groups -OCH3 is 1. The highest BCUT2D eigenvalue weighted by Crippen LogP contribution is 2.30. The van der Waals surface area contributed by atoms with Crippen LogP contribution in [0.4, 0.5) is 10.5 Å². The van der Waals surface area contributed by atoms with E-state index in [1.807, 2.05) is 0 Å². The molecule has 1 saturated heterocycles. The lowest BCUT2D eigenvalue weighted by atomic mass is 10.0. The number of ether oxygens (including phenoxy) is 1. The standard InChI is InChI=1S/C17H24N2O4S/c1-23-14-9-7-13(8-10-14)18-17(20)19-11-16(12-19)24(21,22)15-5-3-2-4-6-15/h7-10,15-16H,2-6,11-12H2,1H3,(H,18,20). The third kappa shape index (κ3) is 3.50. The molecule has 2 amide bonds. The van der Waals surface area contributed by atoms with Crippen molar-refractivity contribution < 1.29 is 17.9 Å². The minimum atomic E-state index is -3.11. The maximum atomic E-state index is 12.6.